The molecule has 0 saturated heterocycles. The van der Waals surface area contributed by atoms with Crippen molar-refractivity contribution in [3.05, 3.63) is 77.6 Å². The first-order valence-electron chi connectivity index (χ1n) is 8.64. The first kappa shape index (κ1) is 17.8. The SMILES string of the molecule is Cc1cc(C)n([C@H](C)C(=O)N(Cc2ccncc2)Cc2cccnc2)n1. The van der Waals surface area contributed by atoms with Gasteiger partial charge in [-0.25, -0.2) is 0 Å². The van der Waals surface area contributed by atoms with Crippen molar-refractivity contribution in [2.75, 3.05) is 0 Å². The molecule has 0 aromatic carbocycles. The molecule has 0 aliphatic carbocycles. The predicted octanol–water partition coefficient (Wildman–Crippen LogP) is 3.08. The van der Waals surface area contributed by atoms with E-state index in [4.69, 9.17) is 0 Å². The number of carbonyl (C=O) groups is 1. The van der Waals surface area contributed by atoms with Gasteiger partial charge >= 0.3 is 0 Å². The Kier molecular flexibility index (Phi) is 5.41. The molecule has 1 atom stereocenters. The van der Waals surface area contributed by atoms with Crippen molar-refractivity contribution in [3.8, 4) is 0 Å². The molecule has 3 rings (SSSR count). The van der Waals surface area contributed by atoms with Crippen molar-refractivity contribution in [1.82, 2.24) is 24.6 Å². The van der Waals surface area contributed by atoms with Crippen LogP contribution in [0.4, 0.5) is 0 Å². The highest BCUT2D eigenvalue weighted by molar-refractivity contribution is 5.80. The van der Waals surface area contributed by atoms with Gasteiger partial charge in [-0.15, -0.1) is 0 Å². The van der Waals surface area contributed by atoms with Crippen LogP contribution in [0.25, 0.3) is 0 Å². The van der Waals surface area contributed by atoms with E-state index in [2.05, 4.69) is 15.1 Å². The second kappa shape index (κ2) is 7.91. The normalized spacial score (nSPS) is 12.0. The molecule has 0 saturated carbocycles. The van der Waals surface area contributed by atoms with E-state index in [0.29, 0.717) is 13.1 Å². The quantitative estimate of drug-likeness (QED) is 0.686. The summed E-state index contributed by atoms with van der Waals surface area (Å²) in [6.45, 7) is 6.81. The summed E-state index contributed by atoms with van der Waals surface area (Å²) in [4.78, 5) is 23.3. The van der Waals surface area contributed by atoms with Crippen molar-refractivity contribution >= 4 is 5.91 Å². The Bertz CT molecular complexity index is 819. The molecule has 134 valence electrons. The standard InChI is InChI=1S/C20H23N5O/c1-15-11-16(2)25(23-15)17(3)20(26)24(13-18-6-9-21-10-7-18)14-19-5-4-8-22-12-19/h4-12,17H,13-14H2,1-3H3/t17-/m1/s1. The molecular weight excluding hydrogens is 326 g/mol. The van der Waals surface area contributed by atoms with Crippen molar-refractivity contribution in [2.45, 2.75) is 39.9 Å². The van der Waals surface area contributed by atoms with Gasteiger partial charge in [0.15, 0.2) is 0 Å². The Morgan fingerprint density at radius 1 is 1.08 bits per heavy atom. The summed E-state index contributed by atoms with van der Waals surface area (Å²) in [6.07, 6.45) is 7.01. The van der Waals surface area contributed by atoms with Gasteiger partial charge in [0.2, 0.25) is 5.91 Å². The number of hydrogen-bond donors (Lipinski definition) is 0. The summed E-state index contributed by atoms with van der Waals surface area (Å²) in [5, 5.41) is 4.47. The summed E-state index contributed by atoms with van der Waals surface area (Å²) >= 11 is 0. The Morgan fingerprint density at radius 2 is 1.81 bits per heavy atom. The van der Waals surface area contributed by atoms with Crippen LogP contribution >= 0.6 is 0 Å². The van der Waals surface area contributed by atoms with Gasteiger partial charge in [-0.3, -0.25) is 19.4 Å². The minimum Gasteiger partial charge on any atom is -0.332 e. The lowest BCUT2D eigenvalue weighted by Crippen LogP contribution is -2.36. The van der Waals surface area contributed by atoms with Crippen molar-refractivity contribution < 1.29 is 4.79 Å². The minimum atomic E-state index is -0.373. The number of nitrogens with zero attached hydrogens (tertiary/aromatic N) is 5. The number of carbonyl (C=O) groups excluding carboxylic acids is 1. The van der Waals surface area contributed by atoms with Crippen molar-refractivity contribution in [2.24, 2.45) is 0 Å². The van der Waals surface area contributed by atoms with Gasteiger partial charge in [-0.1, -0.05) is 6.07 Å². The first-order valence-corrected chi connectivity index (χ1v) is 8.64. The fourth-order valence-corrected chi connectivity index (χ4v) is 3.04. The van der Waals surface area contributed by atoms with Crippen LogP contribution in [0.2, 0.25) is 0 Å². The zero-order valence-electron chi connectivity index (χ0n) is 15.3. The Balaban J connectivity index is 1.86. The minimum absolute atomic E-state index is 0.0249. The van der Waals surface area contributed by atoms with Crippen LogP contribution in [-0.4, -0.2) is 30.6 Å². The van der Waals surface area contributed by atoms with Crippen LogP contribution in [0.5, 0.6) is 0 Å². The Morgan fingerprint density at radius 3 is 2.42 bits per heavy atom. The largest absolute Gasteiger partial charge is 0.332 e. The molecule has 6 nitrogen and oxygen atoms in total. The second-order valence-corrected chi connectivity index (χ2v) is 6.46. The number of amides is 1. The van der Waals surface area contributed by atoms with E-state index in [1.165, 1.54) is 0 Å². The molecule has 3 aromatic heterocycles. The van der Waals surface area contributed by atoms with Crippen LogP contribution in [0.1, 0.15) is 35.5 Å². The zero-order chi connectivity index (χ0) is 18.5. The summed E-state index contributed by atoms with van der Waals surface area (Å²) in [5.41, 5.74) is 3.93. The molecule has 0 spiro atoms. The van der Waals surface area contributed by atoms with Crippen LogP contribution in [0.15, 0.2) is 55.1 Å². The molecule has 1 amide bonds. The molecule has 6 heteroatoms. The molecular formula is C20H23N5O. The van der Waals surface area contributed by atoms with Crippen molar-refractivity contribution in [3.63, 3.8) is 0 Å². The van der Waals surface area contributed by atoms with Gasteiger partial charge in [0, 0.05) is 43.6 Å². The first-order chi connectivity index (χ1) is 12.5. The third-order valence-electron chi connectivity index (χ3n) is 4.30. The van der Waals surface area contributed by atoms with Crippen LogP contribution in [0, 0.1) is 13.8 Å². The van der Waals surface area contributed by atoms with Gasteiger partial charge in [0.05, 0.1) is 5.69 Å². The molecule has 0 aliphatic rings. The summed E-state index contributed by atoms with van der Waals surface area (Å²) in [7, 11) is 0. The average Bonchev–Trinajstić information content (AvgIpc) is 3.00. The summed E-state index contributed by atoms with van der Waals surface area (Å²) in [6, 6.07) is 9.33. The Labute approximate surface area is 153 Å². The number of aryl methyl sites for hydroxylation is 2. The number of aromatic nitrogens is 4. The molecule has 0 unspecified atom stereocenters. The molecule has 3 heterocycles. The van der Waals surface area contributed by atoms with E-state index < -0.39 is 0 Å². The third-order valence-corrected chi connectivity index (χ3v) is 4.30. The predicted molar refractivity (Wildman–Crippen MR) is 99.1 cm³/mol. The van der Waals surface area contributed by atoms with E-state index in [1.54, 1.807) is 29.5 Å². The van der Waals surface area contributed by atoms with Crippen LogP contribution in [0.3, 0.4) is 0 Å². The number of hydrogen-bond acceptors (Lipinski definition) is 4. The van der Waals surface area contributed by atoms with Gasteiger partial charge in [-0.05, 0) is 56.2 Å². The lowest BCUT2D eigenvalue weighted by Gasteiger charge is -2.26. The van der Waals surface area contributed by atoms with Gasteiger partial charge in [0.1, 0.15) is 6.04 Å². The lowest BCUT2D eigenvalue weighted by atomic mass is 10.2. The third kappa shape index (κ3) is 4.14. The summed E-state index contributed by atoms with van der Waals surface area (Å²) in [5.74, 6) is 0.0249. The molecule has 0 aliphatic heterocycles. The van der Waals surface area contributed by atoms with E-state index in [0.717, 1.165) is 22.5 Å². The topological polar surface area (TPSA) is 63.9 Å². The molecule has 0 fully saturated rings. The maximum Gasteiger partial charge on any atom is 0.247 e. The summed E-state index contributed by atoms with van der Waals surface area (Å²) < 4.78 is 1.79. The zero-order valence-corrected chi connectivity index (χ0v) is 15.3. The molecule has 26 heavy (non-hydrogen) atoms. The second-order valence-electron chi connectivity index (χ2n) is 6.46. The van der Waals surface area contributed by atoms with E-state index in [9.17, 15) is 4.79 Å². The molecule has 0 N–H and O–H groups in total. The lowest BCUT2D eigenvalue weighted by molar-refractivity contribution is -0.136. The fourth-order valence-electron chi connectivity index (χ4n) is 3.04. The van der Waals surface area contributed by atoms with Crippen LogP contribution in [-0.2, 0) is 17.9 Å². The average molecular weight is 349 g/mol. The van der Waals surface area contributed by atoms with E-state index in [1.807, 2.05) is 56.0 Å². The van der Waals surface area contributed by atoms with Crippen LogP contribution < -0.4 is 0 Å². The molecule has 3 aromatic rings. The smallest absolute Gasteiger partial charge is 0.247 e. The monoisotopic (exact) mass is 349 g/mol. The Hall–Kier alpha value is -3.02. The van der Waals surface area contributed by atoms with Crippen molar-refractivity contribution in [1.29, 1.82) is 0 Å². The fraction of sp³-hybridized carbons (Fsp3) is 0.300. The number of rotatable bonds is 6. The van der Waals surface area contributed by atoms with Gasteiger partial charge in [0.25, 0.3) is 0 Å². The maximum atomic E-state index is 13.2. The molecule has 0 radical (unpaired) electrons. The highest BCUT2D eigenvalue weighted by Gasteiger charge is 2.24. The molecule has 0 bridgehead atoms. The highest BCUT2D eigenvalue weighted by Crippen LogP contribution is 2.18. The van der Waals surface area contributed by atoms with E-state index >= 15 is 0 Å². The highest BCUT2D eigenvalue weighted by atomic mass is 16.2. The van der Waals surface area contributed by atoms with Gasteiger partial charge < -0.3 is 4.90 Å². The number of pyridine rings is 2. The maximum absolute atomic E-state index is 13.2. The van der Waals surface area contributed by atoms with E-state index in [-0.39, 0.29) is 11.9 Å². The van der Waals surface area contributed by atoms with Gasteiger partial charge in [-0.2, -0.15) is 5.10 Å².